The van der Waals surface area contributed by atoms with Crippen molar-refractivity contribution in [3.8, 4) is 10.6 Å². The van der Waals surface area contributed by atoms with Gasteiger partial charge in [-0.25, -0.2) is 4.98 Å². The molecule has 0 spiro atoms. The Bertz CT molecular complexity index is 777. The van der Waals surface area contributed by atoms with E-state index in [1.807, 2.05) is 17.5 Å². The maximum atomic E-state index is 12.6. The van der Waals surface area contributed by atoms with Crippen LogP contribution in [-0.4, -0.2) is 10.1 Å². The highest BCUT2D eigenvalue weighted by atomic mass is 32.1. The standard InChI is InChI=1S/C16H12F3NOS2/c17-16(18,19)11-5-3-10(4-6-11)15-20-13(14(9-21)23-15)8-12-2-1-7-22-12/h1-7,21H,8-9H2. The van der Waals surface area contributed by atoms with Gasteiger partial charge >= 0.3 is 6.18 Å². The van der Waals surface area contributed by atoms with Gasteiger partial charge in [0.15, 0.2) is 0 Å². The summed E-state index contributed by atoms with van der Waals surface area (Å²) in [6, 6.07) is 8.86. The summed E-state index contributed by atoms with van der Waals surface area (Å²) in [5.74, 6) is 0. The van der Waals surface area contributed by atoms with Gasteiger partial charge in [-0.1, -0.05) is 18.2 Å². The van der Waals surface area contributed by atoms with Crippen LogP contribution in [0.2, 0.25) is 0 Å². The molecule has 2 heterocycles. The lowest BCUT2D eigenvalue weighted by Crippen LogP contribution is -2.03. The van der Waals surface area contributed by atoms with Gasteiger partial charge in [0.1, 0.15) is 5.01 Å². The van der Waals surface area contributed by atoms with Crippen molar-refractivity contribution in [1.82, 2.24) is 4.98 Å². The highest BCUT2D eigenvalue weighted by Gasteiger charge is 2.30. The number of aromatic nitrogens is 1. The van der Waals surface area contributed by atoms with Gasteiger partial charge in [0.05, 0.1) is 22.7 Å². The Hall–Kier alpha value is -1.70. The number of hydrogen-bond acceptors (Lipinski definition) is 4. The molecule has 0 aliphatic rings. The van der Waals surface area contributed by atoms with Crippen LogP contribution in [0.3, 0.4) is 0 Å². The number of nitrogens with zero attached hydrogens (tertiary/aromatic N) is 1. The average Bonchev–Trinajstić information content (AvgIpc) is 3.16. The Morgan fingerprint density at radius 3 is 2.39 bits per heavy atom. The third-order valence-corrected chi connectivity index (χ3v) is 5.31. The second-order valence-electron chi connectivity index (χ2n) is 4.88. The van der Waals surface area contributed by atoms with E-state index in [4.69, 9.17) is 0 Å². The average molecular weight is 355 g/mol. The third kappa shape index (κ3) is 3.63. The van der Waals surface area contributed by atoms with Crippen molar-refractivity contribution < 1.29 is 18.3 Å². The fraction of sp³-hybridized carbons (Fsp3) is 0.188. The van der Waals surface area contributed by atoms with E-state index in [0.29, 0.717) is 17.0 Å². The van der Waals surface area contributed by atoms with Crippen LogP contribution in [0.5, 0.6) is 0 Å². The Morgan fingerprint density at radius 2 is 1.83 bits per heavy atom. The first-order chi connectivity index (χ1) is 11.0. The summed E-state index contributed by atoms with van der Waals surface area (Å²) < 4.78 is 37.8. The molecular formula is C16H12F3NOS2. The summed E-state index contributed by atoms with van der Waals surface area (Å²) in [5, 5.41) is 12.1. The second kappa shape index (κ2) is 6.43. The molecule has 2 nitrogen and oxygen atoms in total. The molecule has 1 N–H and O–H groups in total. The van der Waals surface area contributed by atoms with Gasteiger partial charge in [-0.3, -0.25) is 0 Å². The first kappa shape index (κ1) is 16.2. The van der Waals surface area contributed by atoms with Crippen LogP contribution in [0.25, 0.3) is 10.6 Å². The molecule has 2 aromatic heterocycles. The number of aliphatic hydroxyl groups excluding tert-OH is 1. The molecule has 0 saturated heterocycles. The Labute approximate surface area is 138 Å². The Balaban J connectivity index is 1.89. The van der Waals surface area contributed by atoms with E-state index in [1.165, 1.54) is 23.5 Å². The Kier molecular flexibility index (Phi) is 4.52. The highest BCUT2D eigenvalue weighted by Crippen LogP contribution is 2.33. The monoisotopic (exact) mass is 355 g/mol. The fourth-order valence-electron chi connectivity index (χ4n) is 2.15. The smallest absolute Gasteiger partial charge is 0.391 e. The minimum atomic E-state index is -4.35. The number of aliphatic hydroxyl groups is 1. The minimum absolute atomic E-state index is 0.126. The van der Waals surface area contributed by atoms with E-state index >= 15 is 0 Å². The minimum Gasteiger partial charge on any atom is -0.391 e. The zero-order valence-corrected chi connectivity index (χ0v) is 13.4. The van der Waals surface area contributed by atoms with Gasteiger partial charge < -0.3 is 5.11 Å². The molecule has 23 heavy (non-hydrogen) atoms. The summed E-state index contributed by atoms with van der Waals surface area (Å²) in [5.41, 5.74) is 0.712. The molecule has 120 valence electrons. The van der Waals surface area contributed by atoms with Crippen molar-refractivity contribution in [2.75, 3.05) is 0 Å². The molecule has 0 fully saturated rings. The molecule has 7 heteroatoms. The molecule has 0 atom stereocenters. The van der Waals surface area contributed by atoms with Crippen molar-refractivity contribution in [2.24, 2.45) is 0 Å². The zero-order chi connectivity index (χ0) is 16.4. The molecule has 1 aromatic carbocycles. The van der Waals surface area contributed by atoms with Gasteiger partial charge in [0.2, 0.25) is 0 Å². The number of benzene rings is 1. The Morgan fingerprint density at radius 1 is 1.09 bits per heavy atom. The topological polar surface area (TPSA) is 33.1 Å². The molecule has 3 aromatic rings. The van der Waals surface area contributed by atoms with Gasteiger partial charge in [0, 0.05) is 16.9 Å². The SMILES string of the molecule is OCc1sc(-c2ccc(C(F)(F)F)cc2)nc1Cc1cccs1. The lowest BCUT2D eigenvalue weighted by Gasteiger charge is -2.06. The van der Waals surface area contributed by atoms with Gasteiger partial charge in [-0.2, -0.15) is 13.2 Å². The van der Waals surface area contributed by atoms with Crippen LogP contribution in [0.1, 0.15) is 21.0 Å². The first-order valence-electron chi connectivity index (χ1n) is 6.77. The largest absolute Gasteiger partial charge is 0.416 e. The molecule has 0 aliphatic heterocycles. The van der Waals surface area contributed by atoms with Crippen molar-refractivity contribution >= 4 is 22.7 Å². The van der Waals surface area contributed by atoms with Crippen molar-refractivity contribution in [2.45, 2.75) is 19.2 Å². The van der Waals surface area contributed by atoms with E-state index in [1.54, 1.807) is 11.3 Å². The van der Waals surface area contributed by atoms with Gasteiger partial charge in [-0.15, -0.1) is 22.7 Å². The van der Waals surface area contributed by atoms with E-state index in [-0.39, 0.29) is 6.61 Å². The summed E-state index contributed by atoms with van der Waals surface area (Å²) in [6.07, 6.45) is -3.73. The van der Waals surface area contributed by atoms with Crippen LogP contribution >= 0.6 is 22.7 Å². The van der Waals surface area contributed by atoms with Crippen molar-refractivity contribution in [1.29, 1.82) is 0 Å². The van der Waals surface area contributed by atoms with E-state index in [2.05, 4.69) is 4.98 Å². The number of thiazole rings is 1. The van der Waals surface area contributed by atoms with Crippen LogP contribution < -0.4 is 0 Å². The lowest BCUT2D eigenvalue weighted by molar-refractivity contribution is -0.137. The number of halogens is 3. The quantitative estimate of drug-likeness (QED) is 0.716. The maximum absolute atomic E-state index is 12.6. The molecule has 0 amide bonds. The molecule has 3 rings (SSSR count). The van der Waals surface area contributed by atoms with Crippen LogP contribution in [0, 0.1) is 0 Å². The number of alkyl halides is 3. The number of rotatable bonds is 4. The van der Waals surface area contributed by atoms with Crippen LogP contribution in [0.4, 0.5) is 13.2 Å². The maximum Gasteiger partial charge on any atom is 0.416 e. The van der Waals surface area contributed by atoms with E-state index in [0.717, 1.165) is 27.6 Å². The summed E-state index contributed by atoms with van der Waals surface area (Å²) in [7, 11) is 0. The first-order valence-corrected chi connectivity index (χ1v) is 8.46. The predicted octanol–water partition coefficient (Wildman–Crippen LogP) is 4.97. The normalized spacial score (nSPS) is 11.8. The third-order valence-electron chi connectivity index (χ3n) is 3.30. The fourth-order valence-corrected chi connectivity index (χ4v) is 3.80. The van der Waals surface area contributed by atoms with Gasteiger partial charge in [-0.05, 0) is 23.6 Å². The predicted molar refractivity (Wildman–Crippen MR) is 85.6 cm³/mol. The summed E-state index contributed by atoms with van der Waals surface area (Å²) in [6.45, 7) is -0.126. The second-order valence-corrected chi connectivity index (χ2v) is 6.99. The molecule has 0 aliphatic carbocycles. The number of hydrogen-bond donors (Lipinski definition) is 1. The van der Waals surface area contributed by atoms with Crippen molar-refractivity contribution in [3.63, 3.8) is 0 Å². The van der Waals surface area contributed by atoms with Crippen molar-refractivity contribution in [3.05, 3.63) is 62.8 Å². The summed E-state index contributed by atoms with van der Waals surface area (Å²) in [4.78, 5) is 6.37. The van der Waals surface area contributed by atoms with Gasteiger partial charge in [0.25, 0.3) is 0 Å². The van der Waals surface area contributed by atoms with Crippen LogP contribution in [0.15, 0.2) is 41.8 Å². The molecule has 0 unspecified atom stereocenters. The number of thiophene rings is 1. The van der Waals surface area contributed by atoms with E-state index in [9.17, 15) is 18.3 Å². The highest BCUT2D eigenvalue weighted by molar-refractivity contribution is 7.15. The summed E-state index contributed by atoms with van der Waals surface area (Å²) >= 11 is 2.91. The lowest BCUT2D eigenvalue weighted by atomic mass is 10.1. The molecule has 0 radical (unpaired) electrons. The zero-order valence-electron chi connectivity index (χ0n) is 11.8. The molecular weight excluding hydrogens is 343 g/mol. The molecule has 0 saturated carbocycles. The molecule has 0 bridgehead atoms. The van der Waals surface area contributed by atoms with E-state index < -0.39 is 11.7 Å². The van der Waals surface area contributed by atoms with Crippen LogP contribution in [-0.2, 0) is 19.2 Å².